The zero-order valence-corrected chi connectivity index (χ0v) is 12.3. The third-order valence-electron chi connectivity index (χ3n) is 4.02. The third kappa shape index (κ3) is 3.32. The molecule has 1 aromatic rings. The highest BCUT2D eigenvalue weighted by Crippen LogP contribution is 2.34. The first-order chi connectivity index (χ1) is 9.90. The average Bonchev–Trinajstić information content (AvgIpc) is 2.72. The van der Waals surface area contributed by atoms with Crippen molar-refractivity contribution in [3.05, 3.63) is 15.8 Å². The Balaban J connectivity index is 2.06. The van der Waals surface area contributed by atoms with E-state index >= 15 is 0 Å². The predicted octanol–water partition coefficient (Wildman–Crippen LogP) is 1.72. The summed E-state index contributed by atoms with van der Waals surface area (Å²) in [5.74, 6) is 0.162. The van der Waals surface area contributed by atoms with Gasteiger partial charge in [-0.05, 0) is 32.1 Å². The number of aliphatic carboxylic acids is 1. The van der Waals surface area contributed by atoms with Gasteiger partial charge in [-0.3, -0.25) is 14.9 Å². The second kappa shape index (κ2) is 6.11. The van der Waals surface area contributed by atoms with Gasteiger partial charge in [0.2, 0.25) is 5.82 Å². The van der Waals surface area contributed by atoms with E-state index in [1.807, 2.05) is 4.90 Å². The van der Waals surface area contributed by atoms with Gasteiger partial charge in [-0.15, -0.1) is 0 Å². The van der Waals surface area contributed by atoms with E-state index in [9.17, 15) is 14.9 Å². The molecule has 0 aromatic carbocycles. The van der Waals surface area contributed by atoms with E-state index in [4.69, 9.17) is 5.11 Å². The molecular weight excluding hydrogens is 276 g/mol. The van der Waals surface area contributed by atoms with Gasteiger partial charge in [-0.25, -0.2) is 4.68 Å². The van der Waals surface area contributed by atoms with Gasteiger partial charge in [-0.2, -0.15) is 5.10 Å². The number of rotatable bonds is 5. The summed E-state index contributed by atoms with van der Waals surface area (Å²) in [6.45, 7) is 3.04. The Morgan fingerprint density at radius 3 is 2.62 bits per heavy atom. The van der Waals surface area contributed by atoms with Gasteiger partial charge in [0.15, 0.2) is 0 Å². The first-order valence-corrected chi connectivity index (χ1v) is 7.05. The number of piperidine rings is 1. The largest absolute Gasteiger partial charge is 0.481 e. The number of hydrogen-bond donors (Lipinski definition) is 1. The second-order valence-electron chi connectivity index (χ2n) is 5.50. The molecule has 0 spiro atoms. The molecule has 1 aromatic heterocycles. The summed E-state index contributed by atoms with van der Waals surface area (Å²) in [4.78, 5) is 23.4. The molecule has 2 heterocycles. The lowest BCUT2D eigenvalue weighted by Gasteiger charge is -2.32. The summed E-state index contributed by atoms with van der Waals surface area (Å²) in [5, 5.41) is 24.1. The van der Waals surface area contributed by atoms with Crippen LogP contribution in [0.4, 0.5) is 11.5 Å². The Kier molecular flexibility index (Phi) is 4.44. The molecule has 0 amide bonds. The fourth-order valence-corrected chi connectivity index (χ4v) is 2.96. The van der Waals surface area contributed by atoms with Gasteiger partial charge >= 0.3 is 11.7 Å². The van der Waals surface area contributed by atoms with Crippen LogP contribution in [0.2, 0.25) is 0 Å². The van der Waals surface area contributed by atoms with Gasteiger partial charge in [0, 0.05) is 26.6 Å². The number of anilines is 1. The lowest BCUT2D eigenvalue weighted by molar-refractivity contribution is -0.384. The van der Waals surface area contributed by atoms with Crippen molar-refractivity contribution in [1.82, 2.24) is 9.78 Å². The number of carboxylic acid groups (broad SMARTS) is 1. The Bertz CT molecular complexity index is 547. The summed E-state index contributed by atoms with van der Waals surface area (Å²) < 4.78 is 1.56. The molecule has 2 rings (SSSR count). The zero-order chi connectivity index (χ0) is 15.6. The van der Waals surface area contributed by atoms with Crippen molar-refractivity contribution < 1.29 is 14.8 Å². The molecule has 8 heteroatoms. The van der Waals surface area contributed by atoms with E-state index in [1.54, 1.807) is 18.7 Å². The van der Waals surface area contributed by atoms with Crippen LogP contribution in [0.5, 0.6) is 0 Å². The van der Waals surface area contributed by atoms with Gasteiger partial charge < -0.3 is 10.0 Å². The van der Waals surface area contributed by atoms with Crippen molar-refractivity contribution in [1.29, 1.82) is 0 Å². The molecule has 0 atom stereocenters. The van der Waals surface area contributed by atoms with Crippen LogP contribution in [-0.4, -0.2) is 38.9 Å². The van der Waals surface area contributed by atoms with Crippen LogP contribution in [0.3, 0.4) is 0 Å². The number of carboxylic acids is 1. The van der Waals surface area contributed by atoms with E-state index in [2.05, 4.69) is 5.10 Å². The highest BCUT2D eigenvalue weighted by atomic mass is 16.6. The minimum atomic E-state index is -0.768. The van der Waals surface area contributed by atoms with Crippen LogP contribution in [0, 0.1) is 23.0 Å². The first kappa shape index (κ1) is 15.3. The fraction of sp³-hybridized carbons (Fsp3) is 0.692. The van der Waals surface area contributed by atoms with Crippen LogP contribution in [0.25, 0.3) is 0 Å². The molecule has 0 radical (unpaired) electrons. The molecule has 0 aliphatic carbocycles. The molecule has 1 aliphatic rings. The molecule has 1 aliphatic heterocycles. The van der Waals surface area contributed by atoms with Crippen molar-refractivity contribution in [2.45, 2.75) is 32.6 Å². The van der Waals surface area contributed by atoms with Gasteiger partial charge in [0.05, 0.1) is 4.92 Å². The molecule has 0 saturated carbocycles. The Hall–Kier alpha value is -2.12. The quantitative estimate of drug-likeness (QED) is 0.655. The van der Waals surface area contributed by atoms with Crippen molar-refractivity contribution in [3.8, 4) is 0 Å². The number of nitro groups is 1. The van der Waals surface area contributed by atoms with E-state index in [0.717, 1.165) is 12.8 Å². The Morgan fingerprint density at radius 1 is 1.48 bits per heavy atom. The normalized spacial score (nSPS) is 16.2. The zero-order valence-electron chi connectivity index (χ0n) is 12.3. The van der Waals surface area contributed by atoms with Crippen molar-refractivity contribution in [3.63, 3.8) is 0 Å². The second-order valence-corrected chi connectivity index (χ2v) is 5.50. The van der Waals surface area contributed by atoms with Gasteiger partial charge in [0.1, 0.15) is 5.69 Å². The number of aryl methyl sites for hydroxylation is 2. The lowest BCUT2D eigenvalue weighted by atomic mass is 9.92. The SMILES string of the molecule is Cc1nn(C)c(N2CCC(CCC(=O)O)CC2)c1[N+](=O)[O-]. The molecule has 1 N–H and O–H groups in total. The minimum absolute atomic E-state index is 0.0708. The van der Waals surface area contributed by atoms with Gasteiger partial charge in [0.25, 0.3) is 0 Å². The molecule has 1 saturated heterocycles. The standard InChI is InChI=1S/C13H20N4O4/c1-9-12(17(20)21)13(15(2)14-9)16-7-5-10(6-8-16)3-4-11(18)19/h10H,3-8H2,1-2H3,(H,18,19). The molecule has 0 unspecified atom stereocenters. The smallest absolute Gasteiger partial charge is 0.333 e. The summed E-state index contributed by atoms with van der Waals surface area (Å²) in [7, 11) is 1.71. The van der Waals surface area contributed by atoms with Crippen LogP contribution in [-0.2, 0) is 11.8 Å². The number of aromatic nitrogens is 2. The fourth-order valence-electron chi connectivity index (χ4n) is 2.96. The van der Waals surface area contributed by atoms with Gasteiger partial charge in [-0.1, -0.05) is 0 Å². The van der Waals surface area contributed by atoms with Crippen LogP contribution in [0.1, 0.15) is 31.4 Å². The Labute approximate surface area is 122 Å². The number of nitrogens with zero attached hydrogens (tertiary/aromatic N) is 4. The molecule has 0 bridgehead atoms. The highest BCUT2D eigenvalue weighted by Gasteiger charge is 2.30. The van der Waals surface area contributed by atoms with Crippen molar-refractivity contribution in [2.75, 3.05) is 18.0 Å². The van der Waals surface area contributed by atoms with Crippen LogP contribution < -0.4 is 4.90 Å². The molecule has 8 nitrogen and oxygen atoms in total. The predicted molar refractivity (Wildman–Crippen MR) is 76.4 cm³/mol. The number of carbonyl (C=O) groups is 1. The Morgan fingerprint density at radius 2 is 2.10 bits per heavy atom. The van der Waals surface area contributed by atoms with E-state index in [1.165, 1.54) is 0 Å². The maximum atomic E-state index is 11.2. The maximum Gasteiger partial charge on any atom is 0.333 e. The summed E-state index contributed by atoms with van der Waals surface area (Å²) >= 11 is 0. The molecule has 21 heavy (non-hydrogen) atoms. The lowest BCUT2D eigenvalue weighted by Crippen LogP contribution is -2.35. The van der Waals surface area contributed by atoms with Crippen molar-refractivity contribution >= 4 is 17.5 Å². The monoisotopic (exact) mass is 296 g/mol. The van der Waals surface area contributed by atoms with Crippen LogP contribution >= 0.6 is 0 Å². The molecular formula is C13H20N4O4. The van der Waals surface area contributed by atoms with E-state index in [-0.39, 0.29) is 17.0 Å². The van der Waals surface area contributed by atoms with Crippen molar-refractivity contribution in [2.24, 2.45) is 13.0 Å². The maximum absolute atomic E-state index is 11.2. The first-order valence-electron chi connectivity index (χ1n) is 7.05. The minimum Gasteiger partial charge on any atom is -0.481 e. The average molecular weight is 296 g/mol. The third-order valence-corrected chi connectivity index (χ3v) is 4.02. The summed E-state index contributed by atoms with van der Waals surface area (Å²) in [6.07, 6.45) is 2.58. The van der Waals surface area contributed by atoms with E-state index < -0.39 is 5.97 Å². The summed E-state index contributed by atoms with van der Waals surface area (Å²) in [5.41, 5.74) is 0.493. The van der Waals surface area contributed by atoms with Crippen LogP contribution in [0.15, 0.2) is 0 Å². The molecule has 1 fully saturated rings. The highest BCUT2D eigenvalue weighted by molar-refractivity contribution is 5.66. The number of hydrogen-bond acceptors (Lipinski definition) is 5. The molecule has 116 valence electrons. The van der Waals surface area contributed by atoms with E-state index in [0.29, 0.717) is 36.9 Å². The topological polar surface area (TPSA) is 102 Å². The summed E-state index contributed by atoms with van der Waals surface area (Å²) in [6, 6.07) is 0.